The SMILES string of the molecule is CC1(C)CCC(CN)(OCC2Cc3ccccc3O2)CC1. The first kappa shape index (κ1) is 14.9. The van der Waals surface area contributed by atoms with Gasteiger partial charge in [-0.25, -0.2) is 0 Å². The molecule has 0 amide bonds. The molecule has 1 aliphatic carbocycles. The van der Waals surface area contributed by atoms with Crippen molar-refractivity contribution in [2.75, 3.05) is 13.2 Å². The van der Waals surface area contributed by atoms with E-state index in [1.807, 2.05) is 12.1 Å². The minimum Gasteiger partial charge on any atom is -0.487 e. The summed E-state index contributed by atoms with van der Waals surface area (Å²) >= 11 is 0. The Labute approximate surface area is 127 Å². The topological polar surface area (TPSA) is 44.5 Å². The van der Waals surface area contributed by atoms with Gasteiger partial charge in [0.1, 0.15) is 11.9 Å². The quantitative estimate of drug-likeness (QED) is 0.925. The third-order valence-electron chi connectivity index (χ3n) is 5.18. The highest BCUT2D eigenvalue weighted by atomic mass is 16.5. The van der Waals surface area contributed by atoms with Crippen LogP contribution in [0.5, 0.6) is 5.75 Å². The fourth-order valence-corrected chi connectivity index (χ4v) is 3.41. The average molecular weight is 289 g/mol. The van der Waals surface area contributed by atoms with Crippen LogP contribution >= 0.6 is 0 Å². The zero-order valence-electron chi connectivity index (χ0n) is 13.2. The van der Waals surface area contributed by atoms with Crippen molar-refractivity contribution in [3.63, 3.8) is 0 Å². The molecule has 1 saturated carbocycles. The van der Waals surface area contributed by atoms with Gasteiger partial charge in [-0.1, -0.05) is 32.0 Å². The lowest BCUT2D eigenvalue weighted by atomic mass is 9.71. The maximum absolute atomic E-state index is 6.28. The third kappa shape index (κ3) is 3.24. The molecule has 1 aromatic rings. The average Bonchev–Trinajstić information content (AvgIpc) is 2.90. The Hall–Kier alpha value is -1.06. The summed E-state index contributed by atoms with van der Waals surface area (Å²) in [7, 11) is 0. The Kier molecular flexibility index (Phi) is 3.98. The van der Waals surface area contributed by atoms with Gasteiger partial charge in [0.15, 0.2) is 0 Å². The van der Waals surface area contributed by atoms with E-state index in [4.69, 9.17) is 15.2 Å². The lowest BCUT2D eigenvalue weighted by molar-refractivity contribution is -0.0998. The fourth-order valence-electron chi connectivity index (χ4n) is 3.41. The summed E-state index contributed by atoms with van der Waals surface area (Å²) in [6.07, 6.45) is 5.60. The van der Waals surface area contributed by atoms with E-state index >= 15 is 0 Å². The van der Waals surface area contributed by atoms with Crippen molar-refractivity contribution < 1.29 is 9.47 Å². The molecule has 3 heteroatoms. The maximum Gasteiger partial charge on any atom is 0.126 e. The molecule has 116 valence electrons. The van der Waals surface area contributed by atoms with E-state index in [2.05, 4.69) is 26.0 Å². The van der Waals surface area contributed by atoms with Crippen molar-refractivity contribution >= 4 is 0 Å². The van der Waals surface area contributed by atoms with Crippen LogP contribution in [0.4, 0.5) is 0 Å². The van der Waals surface area contributed by atoms with Crippen LogP contribution in [0.2, 0.25) is 0 Å². The van der Waals surface area contributed by atoms with Gasteiger partial charge in [-0.2, -0.15) is 0 Å². The van der Waals surface area contributed by atoms with Gasteiger partial charge in [-0.05, 0) is 42.7 Å². The van der Waals surface area contributed by atoms with Crippen molar-refractivity contribution in [2.45, 2.75) is 57.7 Å². The largest absolute Gasteiger partial charge is 0.487 e. The molecule has 21 heavy (non-hydrogen) atoms. The molecule has 0 radical (unpaired) electrons. The Morgan fingerprint density at radius 2 is 1.90 bits per heavy atom. The Morgan fingerprint density at radius 1 is 1.19 bits per heavy atom. The van der Waals surface area contributed by atoms with Crippen LogP contribution in [-0.4, -0.2) is 24.9 Å². The maximum atomic E-state index is 6.28. The first-order chi connectivity index (χ1) is 10.0. The highest BCUT2D eigenvalue weighted by Crippen LogP contribution is 2.42. The lowest BCUT2D eigenvalue weighted by Gasteiger charge is -2.43. The minimum atomic E-state index is -0.131. The summed E-state index contributed by atoms with van der Waals surface area (Å²) in [6, 6.07) is 8.26. The molecular weight excluding hydrogens is 262 g/mol. The molecule has 0 bridgehead atoms. The molecule has 2 N–H and O–H groups in total. The number of rotatable bonds is 4. The van der Waals surface area contributed by atoms with Gasteiger partial charge < -0.3 is 15.2 Å². The molecule has 2 aliphatic rings. The zero-order chi connectivity index (χ0) is 14.9. The van der Waals surface area contributed by atoms with Crippen LogP contribution in [-0.2, 0) is 11.2 Å². The smallest absolute Gasteiger partial charge is 0.126 e. The summed E-state index contributed by atoms with van der Waals surface area (Å²) in [4.78, 5) is 0. The molecule has 3 rings (SSSR count). The Bertz CT molecular complexity index is 463. The van der Waals surface area contributed by atoms with Crippen molar-refractivity contribution in [3.8, 4) is 5.75 Å². The van der Waals surface area contributed by atoms with Gasteiger partial charge in [0, 0.05) is 13.0 Å². The zero-order valence-corrected chi connectivity index (χ0v) is 13.2. The van der Waals surface area contributed by atoms with Crippen molar-refractivity contribution in [1.82, 2.24) is 0 Å². The number of hydrogen-bond acceptors (Lipinski definition) is 3. The predicted molar refractivity (Wildman–Crippen MR) is 84.5 cm³/mol. The van der Waals surface area contributed by atoms with Gasteiger partial charge in [0.2, 0.25) is 0 Å². The van der Waals surface area contributed by atoms with E-state index in [1.165, 1.54) is 18.4 Å². The molecule has 1 aliphatic heterocycles. The molecule has 1 unspecified atom stereocenters. The summed E-state index contributed by atoms with van der Waals surface area (Å²) in [6.45, 7) is 5.93. The van der Waals surface area contributed by atoms with Crippen molar-refractivity contribution in [1.29, 1.82) is 0 Å². The summed E-state index contributed by atoms with van der Waals surface area (Å²) in [5.74, 6) is 1.01. The number of fused-ring (bicyclic) bond motifs is 1. The van der Waals surface area contributed by atoms with Crippen LogP contribution < -0.4 is 10.5 Å². The second kappa shape index (κ2) is 5.62. The lowest BCUT2D eigenvalue weighted by Crippen LogP contribution is -2.47. The molecule has 0 saturated heterocycles. The van der Waals surface area contributed by atoms with Crippen LogP contribution in [0.3, 0.4) is 0 Å². The monoisotopic (exact) mass is 289 g/mol. The van der Waals surface area contributed by atoms with Crippen LogP contribution in [0.15, 0.2) is 24.3 Å². The number of ether oxygens (including phenoxy) is 2. The van der Waals surface area contributed by atoms with Gasteiger partial charge in [-0.3, -0.25) is 0 Å². The molecule has 1 atom stereocenters. The summed E-state index contributed by atoms with van der Waals surface area (Å²) in [5, 5.41) is 0. The molecule has 1 aromatic carbocycles. The van der Waals surface area contributed by atoms with Gasteiger partial charge in [0.25, 0.3) is 0 Å². The van der Waals surface area contributed by atoms with E-state index in [0.29, 0.717) is 18.6 Å². The highest BCUT2D eigenvalue weighted by molar-refractivity contribution is 5.37. The van der Waals surface area contributed by atoms with E-state index in [0.717, 1.165) is 25.0 Å². The number of para-hydroxylation sites is 1. The first-order valence-corrected chi connectivity index (χ1v) is 8.11. The first-order valence-electron chi connectivity index (χ1n) is 8.11. The van der Waals surface area contributed by atoms with E-state index < -0.39 is 0 Å². The highest BCUT2D eigenvalue weighted by Gasteiger charge is 2.39. The molecular formula is C18H27NO2. The van der Waals surface area contributed by atoms with E-state index in [9.17, 15) is 0 Å². The van der Waals surface area contributed by atoms with Crippen LogP contribution in [0, 0.1) is 5.41 Å². The van der Waals surface area contributed by atoms with Crippen LogP contribution in [0.25, 0.3) is 0 Å². The second-order valence-corrected chi connectivity index (χ2v) is 7.41. The Balaban J connectivity index is 1.55. The predicted octanol–water partition coefficient (Wildman–Crippen LogP) is 3.30. The molecule has 3 nitrogen and oxygen atoms in total. The van der Waals surface area contributed by atoms with Crippen LogP contribution in [0.1, 0.15) is 45.1 Å². The fraction of sp³-hybridized carbons (Fsp3) is 0.667. The van der Waals surface area contributed by atoms with Gasteiger partial charge in [0.05, 0.1) is 12.2 Å². The van der Waals surface area contributed by atoms with E-state index in [-0.39, 0.29) is 11.7 Å². The van der Waals surface area contributed by atoms with Gasteiger partial charge in [-0.15, -0.1) is 0 Å². The molecule has 0 aromatic heterocycles. The van der Waals surface area contributed by atoms with Crippen molar-refractivity contribution in [2.24, 2.45) is 11.1 Å². The van der Waals surface area contributed by atoms with E-state index in [1.54, 1.807) is 0 Å². The summed E-state index contributed by atoms with van der Waals surface area (Å²) in [5.41, 5.74) is 7.62. The van der Waals surface area contributed by atoms with Gasteiger partial charge >= 0.3 is 0 Å². The summed E-state index contributed by atoms with van der Waals surface area (Å²) < 4.78 is 12.2. The third-order valence-corrected chi connectivity index (χ3v) is 5.18. The normalized spacial score (nSPS) is 26.1. The molecule has 1 fully saturated rings. The number of nitrogens with two attached hydrogens (primary N) is 1. The second-order valence-electron chi connectivity index (χ2n) is 7.41. The number of hydrogen-bond donors (Lipinski definition) is 1. The minimum absolute atomic E-state index is 0.131. The molecule has 0 spiro atoms. The molecule has 1 heterocycles. The standard InChI is InChI=1S/C18H27NO2/c1-17(2)7-9-18(13-19,10-8-17)20-12-15-11-14-5-3-4-6-16(14)21-15/h3-6,15H,7-13,19H2,1-2H3. The van der Waals surface area contributed by atoms with Crippen molar-refractivity contribution in [3.05, 3.63) is 29.8 Å². The number of benzene rings is 1. The Morgan fingerprint density at radius 3 is 2.57 bits per heavy atom.